The lowest BCUT2D eigenvalue weighted by Gasteiger charge is -2.26. The van der Waals surface area contributed by atoms with Gasteiger partial charge in [0.1, 0.15) is 0 Å². The zero-order valence-electron chi connectivity index (χ0n) is 13.8. The molecular formula is C15H21N5O3. The SMILES string of the molecule is CCC(CC)(CNC(=O)c1nc2nc(C)cc(C)n2n1)C(=O)O. The maximum Gasteiger partial charge on any atom is 0.311 e. The number of aryl methyl sites for hydroxylation is 2. The van der Waals surface area contributed by atoms with Gasteiger partial charge in [-0.3, -0.25) is 9.59 Å². The van der Waals surface area contributed by atoms with Gasteiger partial charge in [-0.25, -0.2) is 9.50 Å². The van der Waals surface area contributed by atoms with Gasteiger partial charge in [-0.1, -0.05) is 13.8 Å². The Hall–Kier alpha value is -2.51. The molecule has 0 saturated heterocycles. The van der Waals surface area contributed by atoms with E-state index in [2.05, 4.69) is 20.4 Å². The molecule has 2 N–H and O–H groups in total. The minimum absolute atomic E-state index is 0.0160. The highest BCUT2D eigenvalue weighted by Crippen LogP contribution is 2.25. The van der Waals surface area contributed by atoms with Gasteiger partial charge < -0.3 is 10.4 Å². The Kier molecular flexibility index (Phi) is 4.63. The number of carboxylic acids is 1. The summed E-state index contributed by atoms with van der Waals surface area (Å²) in [5.74, 6) is -1.08. The van der Waals surface area contributed by atoms with Crippen molar-refractivity contribution >= 4 is 17.7 Å². The summed E-state index contributed by atoms with van der Waals surface area (Å²) in [6.07, 6.45) is 0.856. The lowest BCUT2D eigenvalue weighted by molar-refractivity contribution is -0.149. The fraction of sp³-hybridized carbons (Fsp3) is 0.533. The van der Waals surface area contributed by atoms with Gasteiger partial charge in [-0.05, 0) is 32.8 Å². The van der Waals surface area contributed by atoms with E-state index in [0.717, 1.165) is 11.4 Å². The lowest BCUT2D eigenvalue weighted by atomic mass is 9.82. The van der Waals surface area contributed by atoms with Crippen LogP contribution in [0.4, 0.5) is 0 Å². The first-order valence-corrected chi connectivity index (χ1v) is 7.55. The molecule has 0 atom stereocenters. The van der Waals surface area contributed by atoms with Crippen molar-refractivity contribution in [1.82, 2.24) is 24.9 Å². The van der Waals surface area contributed by atoms with Crippen molar-refractivity contribution < 1.29 is 14.7 Å². The molecule has 0 aliphatic rings. The molecule has 0 unspecified atom stereocenters. The predicted molar refractivity (Wildman–Crippen MR) is 83.2 cm³/mol. The predicted octanol–water partition coefficient (Wildman–Crippen LogP) is 1.36. The van der Waals surface area contributed by atoms with Crippen LogP contribution in [0, 0.1) is 19.3 Å². The van der Waals surface area contributed by atoms with Crippen LogP contribution < -0.4 is 5.32 Å². The minimum atomic E-state index is -0.973. The van der Waals surface area contributed by atoms with Gasteiger partial charge in [0.05, 0.1) is 5.41 Å². The Labute approximate surface area is 133 Å². The van der Waals surface area contributed by atoms with E-state index in [4.69, 9.17) is 0 Å². The van der Waals surface area contributed by atoms with Crippen molar-refractivity contribution in [3.63, 3.8) is 0 Å². The van der Waals surface area contributed by atoms with Gasteiger partial charge in [-0.2, -0.15) is 4.98 Å². The van der Waals surface area contributed by atoms with Gasteiger partial charge in [-0.15, -0.1) is 5.10 Å². The van der Waals surface area contributed by atoms with Crippen molar-refractivity contribution in [3.05, 3.63) is 23.3 Å². The molecule has 23 heavy (non-hydrogen) atoms. The van der Waals surface area contributed by atoms with Crippen LogP contribution >= 0.6 is 0 Å². The van der Waals surface area contributed by atoms with Crippen molar-refractivity contribution in [1.29, 1.82) is 0 Å². The van der Waals surface area contributed by atoms with E-state index < -0.39 is 17.3 Å². The molecule has 124 valence electrons. The van der Waals surface area contributed by atoms with Crippen LogP contribution in [-0.4, -0.2) is 43.1 Å². The van der Waals surface area contributed by atoms with E-state index >= 15 is 0 Å². The smallest absolute Gasteiger partial charge is 0.311 e. The molecule has 0 radical (unpaired) electrons. The third-order valence-corrected chi connectivity index (χ3v) is 4.22. The van der Waals surface area contributed by atoms with Crippen LogP contribution in [0.5, 0.6) is 0 Å². The maximum atomic E-state index is 12.2. The molecule has 0 fully saturated rings. The van der Waals surface area contributed by atoms with E-state index in [-0.39, 0.29) is 12.4 Å². The standard InChI is InChI=1S/C15H21N5O3/c1-5-15(6-2,13(22)23)8-16-12(21)11-18-14-17-9(3)7-10(4)20(14)19-11/h7H,5-6,8H2,1-4H3,(H,16,21)(H,22,23). The number of hydrogen-bond donors (Lipinski definition) is 2. The van der Waals surface area contributed by atoms with Crippen LogP contribution in [0.15, 0.2) is 6.07 Å². The molecule has 2 rings (SSSR count). The topological polar surface area (TPSA) is 109 Å². The van der Waals surface area contributed by atoms with Crippen LogP contribution in [0.1, 0.15) is 48.7 Å². The molecule has 2 aromatic rings. The molecule has 2 heterocycles. The maximum absolute atomic E-state index is 12.2. The molecule has 8 nitrogen and oxygen atoms in total. The largest absolute Gasteiger partial charge is 0.481 e. The number of aromatic nitrogens is 4. The van der Waals surface area contributed by atoms with Crippen LogP contribution in [0.2, 0.25) is 0 Å². The summed E-state index contributed by atoms with van der Waals surface area (Å²) in [4.78, 5) is 32.0. The van der Waals surface area contributed by atoms with Gasteiger partial charge in [0.15, 0.2) is 0 Å². The Morgan fingerprint density at radius 3 is 2.48 bits per heavy atom. The first-order valence-electron chi connectivity index (χ1n) is 7.55. The average molecular weight is 319 g/mol. The molecule has 0 aliphatic carbocycles. The highest BCUT2D eigenvalue weighted by Gasteiger charge is 2.35. The summed E-state index contributed by atoms with van der Waals surface area (Å²) in [6, 6.07) is 1.84. The highest BCUT2D eigenvalue weighted by atomic mass is 16.4. The number of nitrogens with zero attached hydrogens (tertiary/aromatic N) is 4. The van der Waals surface area contributed by atoms with E-state index in [1.165, 1.54) is 4.52 Å². The number of amides is 1. The fourth-order valence-corrected chi connectivity index (χ4v) is 2.47. The Morgan fingerprint density at radius 2 is 1.91 bits per heavy atom. The first kappa shape index (κ1) is 16.9. The van der Waals surface area contributed by atoms with Crippen LogP contribution in [0.25, 0.3) is 5.78 Å². The third-order valence-electron chi connectivity index (χ3n) is 4.22. The lowest BCUT2D eigenvalue weighted by Crippen LogP contribution is -2.42. The van der Waals surface area contributed by atoms with E-state index in [9.17, 15) is 14.7 Å². The zero-order chi connectivity index (χ0) is 17.2. The molecule has 8 heteroatoms. The number of nitrogens with one attached hydrogen (secondary N) is 1. The number of carbonyl (C=O) groups excluding carboxylic acids is 1. The number of carbonyl (C=O) groups is 2. The zero-order valence-corrected chi connectivity index (χ0v) is 13.8. The minimum Gasteiger partial charge on any atom is -0.481 e. The van der Waals surface area contributed by atoms with Crippen molar-refractivity contribution in [2.45, 2.75) is 40.5 Å². The number of carboxylic acid groups (broad SMARTS) is 1. The normalized spacial score (nSPS) is 11.7. The quantitative estimate of drug-likeness (QED) is 0.832. The Balaban J connectivity index is 2.21. The highest BCUT2D eigenvalue weighted by molar-refractivity contribution is 5.91. The molecule has 0 aromatic carbocycles. The second kappa shape index (κ2) is 6.31. The molecule has 1 amide bonds. The van der Waals surface area contributed by atoms with Gasteiger partial charge in [0, 0.05) is 17.9 Å². The molecule has 0 aliphatic heterocycles. The van der Waals surface area contributed by atoms with Gasteiger partial charge in [0.2, 0.25) is 5.82 Å². The summed E-state index contributed by atoms with van der Waals surface area (Å²) in [5, 5.41) is 16.2. The summed E-state index contributed by atoms with van der Waals surface area (Å²) < 4.78 is 1.49. The fourth-order valence-electron chi connectivity index (χ4n) is 2.47. The van der Waals surface area contributed by atoms with E-state index in [1.807, 2.05) is 19.9 Å². The number of rotatable bonds is 6. The van der Waals surface area contributed by atoms with Gasteiger partial charge >= 0.3 is 5.97 Å². The van der Waals surface area contributed by atoms with Crippen molar-refractivity contribution in [2.75, 3.05) is 6.54 Å². The number of fused-ring (bicyclic) bond motifs is 1. The molecule has 0 bridgehead atoms. The molecule has 0 spiro atoms. The summed E-state index contributed by atoms with van der Waals surface area (Å²) in [6.45, 7) is 7.31. The Morgan fingerprint density at radius 1 is 1.26 bits per heavy atom. The van der Waals surface area contributed by atoms with Crippen LogP contribution in [0.3, 0.4) is 0 Å². The van der Waals surface area contributed by atoms with Crippen LogP contribution in [-0.2, 0) is 4.79 Å². The second-order valence-electron chi connectivity index (χ2n) is 5.66. The van der Waals surface area contributed by atoms with E-state index in [1.54, 1.807) is 13.8 Å². The average Bonchev–Trinajstić information content (AvgIpc) is 2.92. The van der Waals surface area contributed by atoms with Crippen molar-refractivity contribution in [2.24, 2.45) is 5.41 Å². The summed E-state index contributed by atoms with van der Waals surface area (Å²) in [7, 11) is 0. The first-order chi connectivity index (χ1) is 10.8. The van der Waals surface area contributed by atoms with E-state index in [0.29, 0.717) is 18.6 Å². The van der Waals surface area contributed by atoms with Crippen molar-refractivity contribution in [3.8, 4) is 0 Å². The van der Waals surface area contributed by atoms with Gasteiger partial charge in [0.25, 0.3) is 11.7 Å². The Bertz CT molecular complexity index is 749. The molecular weight excluding hydrogens is 298 g/mol. The third kappa shape index (κ3) is 3.15. The second-order valence-corrected chi connectivity index (χ2v) is 5.66. The molecule has 0 saturated carbocycles. The summed E-state index contributed by atoms with van der Waals surface area (Å²) in [5.41, 5.74) is 0.636. The monoisotopic (exact) mass is 319 g/mol. The summed E-state index contributed by atoms with van der Waals surface area (Å²) >= 11 is 0. The molecule has 2 aromatic heterocycles. The number of aliphatic carboxylic acids is 1. The number of hydrogen-bond acceptors (Lipinski definition) is 5.